The molecular weight excluding hydrogens is 416 g/mol. The highest BCUT2D eigenvalue weighted by Gasteiger charge is 2.40. The molecule has 1 heterocycles. The van der Waals surface area contributed by atoms with E-state index in [0.717, 1.165) is 22.7 Å². The lowest BCUT2D eigenvalue weighted by molar-refractivity contribution is -0.118. The van der Waals surface area contributed by atoms with Gasteiger partial charge in [0.15, 0.2) is 0 Å². The summed E-state index contributed by atoms with van der Waals surface area (Å²) in [5, 5.41) is 5.70. The van der Waals surface area contributed by atoms with Crippen molar-refractivity contribution in [2.24, 2.45) is 17.8 Å². The SMILES string of the molecule is CN(C)C(=O)c1ccc(-c2nn(NC(=O)CC3CC4CCC3C4)c(=O)c3ccccc23)cc1. The van der Waals surface area contributed by atoms with Crippen LogP contribution >= 0.6 is 0 Å². The standard InChI is InChI=1S/C26H28N4O3/c1-29(2)25(32)18-11-9-17(10-12-18)24-21-5-3-4-6-22(21)26(33)30(28-24)27-23(31)15-20-14-16-7-8-19(20)13-16/h3-6,9-12,16,19-20H,7-8,13-15H2,1-2H3,(H,27,31). The Morgan fingerprint density at radius 1 is 1.03 bits per heavy atom. The molecule has 0 aliphatic heterocycles. The molecule has 5 rings (SSSR count). The molecule has 3 atom stereocenters. The van der Waals surface area contributed by atoms with E-state index in [1.54, 1.807) is 38.4 Å². The quantitative estimate of drug-likeness (QED) is 0.651. The molecule has 2 amide bonds. The summed E-state index contributed by atoms with van der Waals surface area (Å²) in [6.07, 6.45) is 5.28. The van der Waals surface area contributed by atoms with Gasteiger partial charge in [0, 0.05) is 37.0 Å². The zero-order valence-corrected chi connectivity index (χ0v) is 19.0. The van der Waals surface area contributed by atoms with Crippen LogP contribution in [0.5, 0.6) is 0 Å². The van der Waals surface area contributed by atoms with E-state index < -0.39 is 0 Å². The van der Waals surface area contributed by atoms with Crippen LogP contribution < -0.4 is 11.0 Å². The molecule has 0 saturated heterocycles. The van der Waals surface area contributed by atoms with E-state index in [2.05, 4.69) is 10.5 Å². The molecule has 33 heavy (non-hydrogen) atoms. The van der Waals surface area contributed by atoms with Crippen molar-refractivity contribution in [2.45, 2.75) is 32.1 Å². The van der Waals surface area contributed by atoms with Crippen LogP contribution in [0.1, 0.15) is 42.5 Å². The first kappa shape index (κ1) is 21.4. The molecule has 2 aliphatic rings. The van der Waals surface area contributed by atoms with Crippen molar-refractivity contribution in [3.63, 3.8) is 0 Å². The number of fused-ring (bicyclic) bond motifs is 3. The lowest BCUT2D eigenvalue weighted by Gasteiger charge is -2.21. The fourth-order valence-corrected chi connectivity index (χ4v) is 5.54. The van der Waals surface area contributed by atoms with Gasteiger partial charge < -0.3 is 4.90 Å². The van der Waals surface area contributed by atoms with E-state index in [0.29, 0.717) is 40.3 Å². The van der Waals surface area contributed by atoms with E-state index >= 15 is 0 Å². The molecule has 7 nitrogen and oxygen atoms in total. The van der Waals surface area contributed by atoms with Crippen molar-refractivity contribution in [1.82, 2.24) is 14.8 Å². The zero-order chi connectivity index (χ0) is 23.1. The van der Waals surface area contributed by atoms with Crippen LogP contribution in [0, 0.1) is 17.8 Å². The Morgan fingerprint density at radius 2 is 1.76 bits per heavy atom. The van der Waals surface area contributed by atoms with E-state index in [9.17, 15) is 14.4 Å². The molecule has 1 N–H and O–H groups in total. The van der Waals surface area contributed by atoms with E-state index in [1.165, 1.54) is 24.2 Å². The number of hydrogen-bond donors (Lipinski definition) is 1. The minimum Gasteiger partial charge on any atom is -0.345 e. The lowest BCUT2D eigenvalue weighted by atomic mass is 9.86. The van der Waals surface area contributed by atoms with Gasteiger partial charge in [0.1, 0.15) is 5.69 Å². The van der Waals surface area contributed by atoms with Gasteiger partial charge >= 0.3 is 0 Å². The summed E-state index contributed by atoms with van der Waals surface area (Å²) in [5.41, 5.74) is 4.29. The van der Waals surface area contributed by atoms with Crippen LogP contribution in [0.4, 0.5) is 0 Å². The van der Waals surface area contributed by atoms with Crippen LogP contribution in [-0.4, -0.2) is 40.7 Å². The average Bonchev–Trinajstić information content (AvgIpc) is 3.44. The van der Waals surface area contributed by atoms with E-state index in [4.69, 9.17) is 0 Å². The summed E-state index contributed by atoms with van der Waals surface area (Å²) in [6.45, 7) is 0. The summed E-state index contributed by atoms with van der Waals surface area (Å²) in [7, 11) is 3.42. The highest BCUT2D eigenvalue weighted by molar-refractivity contribution is 5.97. The third kappa shape index (κ3) is 4.03. The number of nitrogens with one attached hydrogen (secondary N) is 1. The molecule has 2 aromatic carbocycles. The van der Waals surface area contributed by atoms with Crippen molar-refractivity contribution < 1.29 is 9.59 Å². The van der Waals surface area contributed by atoms with Crippen LogP contribution in [-0.2, 0) is 4.79 Å². The Morgan fingerprint density at radius 3 is 2.39 bits per heavy atom. The maximum Gasteiger partial charge on any atom is 0.294 e. The fraction of sp³-hybridized carbons (Fsp3) is 0.385. The summed E-state index contributed by atoms with van der Waals surface area (Å²) < 4.78 is 0. The molecule has 2 bridgehead atoms. The molecule has 2 fully saturated rings. The minimum absolute atomic E-state index is 0.0859. The highest BCUT2D eigenvalue weighted by atomic mass is 16.2. The van der Waals surface area contributed by atoms with Gasteiger partial charge in [-0.05, 0) is 55.2 Å². The normalized spacial score (nSPS) is 21.3. The van der Waals surface area contributed by atoms with Crippen LogP contribution in [0.3, 0.4) is 0 Å². The summed E-state index contributed by atoms with van der Waals surface area (Å²) in [4.78, 5) is 40.7. The van der Waals surface area contributed by atoms with E-state index in [1.807, 2.05) is 24.3 Å². The second-order valence-electron chi connectivity index (χ2n) is 9.56. The summed E-state index contributed by atoms with van der Waals surface area (Å²) >= 11 is 0. The third-order valence-corrected chi connectivity index (χ3v) is 7.18. The Hall–Kier alpha value is -3.48. The van der Waals surface area contributed by atoms with Gasteiger partial charge in [0.05, 0.1) is 5.39 Å². The van der Waals surface area contributed by atoms with Gasteiger partial charge in [-0.1, -0.05) is 36.8 Å². The molecule has 0 spiro atoms. The Bertz CT molecular complexity index is 1280. The lowest BCUT2D eigenvalue weighted by Crippen LogP contribution is -2.36. The molecule has 7 heteroatoms. The number of rotatable bonds is 5. The minimum atomic E-state index is -0.352. The van der Waals surface area contributed by atoms with Gasteiger partial charge in [0.2, 0.25) is 5.91 Å². The van der Waals surface area contributed by atoms with Crippen molar-refractivity contribution in [1.29, 1.82) is 0 Å². The first-order valence-corrected chi connectivity index (χ1v) is 11.5. The van der Waals surface area contributed by atoms with Gasteiger partial charge in [-0.3, -0.25) is 14.4 Å². The predicted octanol–water partition coefficient (Wildman–Crippen LogP) is 3.66. The van der Waals surface area contributed by atoms with Crippen molar-refractivity contribution in [3.8, 4) is 11.3 Å². The monoisotopic (exact) mass is 444 g/mol. The predicted molar refractivity (Wildman–Crippen MR) is 127 cm³/mol. The van der Waals surface area contributed by atoms with Crippen LogP contribution in [0.15, 0.2) is 53.3 Å². The highest BCUT2D eigenvalue weighted by Crippen LogP contribution is 2.49. The van der Waals surface area contributed by atoms with Gasteiger partial charge in [-0.15, -0.1) is 9.89 Å². The number of amides is 2. The number of nitrogens with zero attached hydrogens (tertiary/aromatic N) is 3. The molecular formula is C26H28N4O3. The number of carbonyl (C=O) groups is 2. The van der Waals surface area contributed by atoms with Gasteiger partial charge in [-0.2, -0.15) is 0 Å². The Balaban J connectivity index is 1.46. The number of carbonyl (C=O) groups excluding carboxylic acids is 2. The van der Waals surface area contributed by atoms with Crippen molar-refractivity contribution >= 4 is 22.6 Å². The second-order valence-corrected chi connectivity index (χ2v) is 9.56. The average molecular weight is 445 g/mol. The van der Waals surface area contributed by atoms with Crippen LogP contribution in [0.2, 0.25) is 0 Å². The molecule has 1 aromatic heterocycles. The summed E-state index contributed by atoms with van der Waals surface area (Å²) in [5.74, 6) is 1.55. The van der Waals surface area contributed by atoms with Crippen molar-refractivity contribution in [2.75, 3.05) is 19.5 Å². The van der Waals surface area contributed by atoms with E-state index in [-0.39, 0.29) is 17.4 Å². The summed E-state index contributed by atoms with van der Waals surface area (Å²) in [6, 6.07) is 14.4. The molecule has 2 aliphatic carbocycles. The molecule has 2 saturated carbocycles. The first-order chi connectivity index (χ1) is 15.9. The third-order valence-electron chi connectivity index (χ3n) is 7.18. The zero-order valence-electron chi connectivity index (χ0n) is 19.0. The van der Waals surface area contributed by atoms with Crippen molar-refractivity contribution in [3.05, 3.63) is 64.4 Å². The van der Waals surface area contributed by atoms with Gasteiger partial charge in [-0.25, -0.2) is 5.43 Å². The molecule has 170 valence electrons. The molecule has 3 unspecified atom stereocenters. The smallest absolute Gasteiger partial charge is 0.294 e. The maximum absolute atomic E-state index is 13.1. The first-order valence-electron chi connectivity index (χ1n) is 11.5. The fourth-order valence-electron chi connectivity index (χ4n) is 5.54. The number of hydrogen-bond acceptors (Lipinski definition) is 4. The number of benzene rings is 2. The van der Waals surface area contributed by atoms with Gasteiger partial charge in [0.25, 0.3) is 11.5 Å². The molecule has 3 aromatic rings. The topological polar surface area (TPSA) is 84.3 Å². The second kappa shape index (κ2) is 8.46. The number of aromatic nitrogens is 2. The largest absolute Gasteiger partial charge is 0.345 e. The Labute approximate surface area is 192 Å². The Kier molecular flexibility index (Phi) is 5.48. The maximum atomic E-state index is 13.1. The van der Waals surface area contributed by atoms with Crippen LogP contribution in [0.25, 0.3) is 22.0 Å². The molecule has 0 radical (unpaired) electrons.